The number of hydrogen-bond acceptors (Lipinski definition) is 7. The molecule has 1 amide bonds. The number of nitrogens with zero attached hydrogens (tertiary/aromatic N) is 3. The first-order valence-corrected chi connectivity index (χ1v) is 11.6. The van der Waals surface area contributed by atoms with Gasteiger partial charge in [-0.25, -0.2) is 0 Å². The van der Waals surface area contributed by atoms with Crippen molar-refractivity contribution in [2.24, 2.45) is 10.1 Å². The van der Waals surface area contributed by atoms with E-state index in [2.05, 4.69) is 28.3 Å². The number of rotatable bonds is 4. The third-order valence-corrected chi connectivity index (χ3v) is 6.95. The molecule has 0 atom stereocenters. The van der Waals surface area contributed by atoms with Crippen LogP contribution >= 0.6 is 23.5 Å². The molecule has 1 N–H and O–H groups in total. The smallest absolute Gasteiger partial charge is 0.283 e. The van der Waals surface area contributed by atoms with E-state index >= 15 is 0 Å². The summed E-state index contributed by atoms with van der Waals surface area (Å²) in [6.07, 6.45) is 3.08. The van der Waals surface area contributed by atoms with Crippen LogP contribution in [0.4, 0.5) is 0 Å². The molecule has 2 aromatic carbocycles. The van der Waals surface area contributed by atoms with Crippen molar-refractivity contribution in [3.8, 4) is 0 Å². The lowest BCUT2D eigenvalue weighted by Gasteiger charge is -2.19. The molecule has 33 heavy (non-hydrogen) atoms. The van der Waals surface area contributed by atoms with Crippen molar-refractivity contribution in [2.45, 2.75) is 9.99 Å². The van der Waals surface area contributed by atoms with Crippen LogP contribution in [0.5, 0.6) is 0 Å². The van der Waals surface area contributed by atoms with Crippen LogP contribution in [-0.4, -0.2) is 27.0 Å². The molecule has 9 heteroatoms. The van der Waals surface area contributed by atoms with Gasteiger partial charge in [-0.05, 0) is 58.9 Å². The highest BCUT2D eigenvalue weighted by molar-refractivity contribution is 8.27. The summed E-state index contributed by atoms with van der Waals surface area (Å²) in [7, 11) is 0. The summed E-state index contributed by atoms with van der Waals surface area (Å²) in [5.74, 6) is 0.462. The van der Waals surface area contributed by atoms with E-state index in [0.29, 0.717) is 26.8 Å². The van der Waals surface area contributed by atoms with Crippen molar-refractivity contribution < 1.29 is 13.6 Å². The first kappa shape index (κ1) is 19.8. The molecular formula is C24H14N4O3S2. The number of carbonyl (C=O) groups excluding carboxylic acids is 1. The quantitative estimate of drug-likeness (QED) is 0.376. The van der Waals surface area contributed by atoms with E-state index in [1.165, 1.54) is 34.6 Å². The van der Waals surface area contributed by atoms with Crippen LogP contribution in [0.3, 0.4) is 0 Å². The van der Waals surface area contributed by atoms with Crippen LogP contribution in [0.1, 0.15) is 11.5 Å². The Bertz CT molecular complexity index is 1510. The van der Waals surface area contributed by atoms with Gasteiger partial charge in [0.1, 0.15) is 5.76 Å². The molecule has 4 aromatic rings. The Hall–Kier alpha value is -3.82. The summed E-state index contributed by atoms with van der Waals surface area (Å²) in [4.78, 5) is 17.8. The van der Waals surface area contributed by atoms with Gasteiger partial charge in [0, 0.05) is 4.90 Å². The Balaban J connectivity index is 1.27. The number of nitrogens with one attached hydrogen (secondary N) is 1. The lowest BCUT2D eigenvalue weighted by molar-refractivity contribution is -0.114. The molecule has 6 rings (SSSR count). The standard InChI is InChI=1S/C24H14N4O3S2/c25-21-17(22(29)26-24-28(21)27-23(33-24)18-8-4-12-30-18)13-15-10-11-20(31-15)32-19-9-3-6-14-5-1-2-7-16(14)19/h1-13,25H/b17-13+,25-21?. The molecule has 2 aliphatic rings. The molecule has 0 saturated carbocycles. The maximum Gasteiger partial charge on any atom is 0.283 e. The zero-order valence-electron chi connectivity index (χ0n) is 16.9. The zero-order valence-corrected chi connectivity index (χ0v) is 18.5. The average molecular weight is 471 g/mol. The Kier molecular flexibility index (Phi) is 4.78. The lowest BCUT2D eigenvalue weighted by atomic mass is 10.1. The summed E-state index contributed by atoms with van der Waals surface area (Å²) in [5.41, 5.74) is 0.111. The highest BCUT2D eigenvalue weighted by Gasteiger charge is 2.36. The fourth-order valence-corrected chi connectivity index (χ4v) is 5.29. The second-order valence-corrected chi connectivity index (χ2v) is 9.14. The van der Waals surface area contributed by atoms with Gasteiger partial charge < -0.3 is 8.83 Å². The number of fused-ring (bicyclic) bond motifs is 2. The van der Waals surface area contributed by atoms with Gasteiger partial charge in [0.05, 0.1) is 11.8 Å². The Labute approximate surface area is 196 Å². The van der Waals surface area contributed by atoms with Gasteiger partial charge in [0.25, 0.3) is 5.91 Å². The Morgan fingerprint density at radius 3 is 2.79 bits per heavy atom. The number of hydrazone groups is 1. The van der Waals surface area contributed by atoms with Gasteiger partial charge in [0.15, 0.2) is 21.7 Å². The van der Waals surface area contributed by atoms with E-state index in [-0.39, 0.29) is 11.4 Å². The molecule has 0 bridgehead atoms. The van der Waals surface area contributed by atoms with E-state index in [1.807, 2.05) is 30.3 Å². The van der Waals surface area contributed by atoms with Crippen molar-refractivity contribution in [1.82, 2.24) is 5.01 Å². The molecule has 0 radical (unpaired) electrons. The van der Waals surface area contributed by atoms with Gasteiger partial charge in [-0.15, -0.1) is 0 Å². The third kappa shape index (κ3) is 3.61. The molecule has 2 aliphatic heterocycles. The van der Waals surface area contributed by atoms with Gasteiger partial charge in [-0.3, -0.25) is 10.2 Å². The molecule has 0 aliphatic carbocycles. The molecule has 2 aromatic heterocycles. The predicted octanol–water partition coefficient (Wildman–Crippen LogP) is 5.84. The molecule has 7 nitrogen and oxygen atoms in total. The number of amidine groups is 2. The summed E-state index contributed by atoms with van der Waals surface area (Å²) in [5, 5.41) is 18.1. The molecule has 0 fully saturated rings. The normalized spacial score (nSPS) is 17.0. The van der Waals surface area contributed by atoms with Gasteiger partial charge in [-0.1, -0.05) is 48.2 Å². The number of benzene rings is 2. The highest BCUT2D eigenvalue weighted by atomic mass is 32.2. The summed E-state index contributed by atoms with van der Waals surface area (Å²) in [6.45, 7) is 0. The van der Waals surface area contributed by atoms with Crippen LogP contribution in [0.2, 0.25) is 0 Å². The first-order valence-electron chi connectivity index (χ1n) is 9.95. The predicted molar refractivity (Wildman–Crippen MR) is 130 cm³/mol. The van der Waals surface area contributed by atoms with Crippen molar-refractivity contribution in [1.29, 1.82) is 5.41 Å². The number of furan rings is 2. The van der Waals surface area contributed by atoms with E-state index in [0.717, 1.165) is 15.7 Å². The van der Waals surface area contributed by atoms with Gasteiger partial charge in [0.2, 0.25) is 5.17 Å². The molecule has 0 unspecified atom stereocenters. The molecule has 0 saturated heterocycles. The summed E-state index contributed by atoms with van der Waals surface area (Å²) in [6, 6.07) is 21.4. The summed E-state index contributed by atoms with van der Waals surface area (Å²) >= 11 is 2.70. The van der Waals surface area contributed by atoms with Crippen LogP contribution in [0.15, 0.2) is 107 Å². The number of aliphatic imine (C=N–C) groups is 1. The Morgan fingerprint density at radius 2 is 1.91 bits per heavy atom. The van der Waals surface area contributed by atoms with Crippen LogP contribution in [-0.2, 0) is 4.79 Å². The minimum atomic E-state index is -0.505. The number of amides is 1. The molecule has 160 valence electrons. The molecular weight excluding hydrogens is 456 g/mol. The summed E-state index contributed by atoms with van der Waals surface area (Å²) < 4.78 is 11.3. The van der Waals surface area contributed by atoms with E-state index < -0.39 is 5.91 Å². The van der Waals surface area contributed by atoms with Crippen molar-refractivity contribution in [3.63, 3.8) is 0 Å². The number of hydrogen-bond donors (Lipinski definition) is 1. The molecule has 4 heterocycles. The minimum absolute atomic E-state index is 0.0567. The SMILES string of the molecule is N=C1/C(=C\c2ccc(Sc3cccc4ccccc34)o2)C(=O)N=C2SC(c3ccco3)=NN12. The first-order chi connectivity index (χ1) is 16.2. The zero-order chi connectivity index (χ0) is 22.4. The highest BCUT2D eigenvalue weighted by Crippen LogP contribution is 2.35. The number of carbonyl (C=O) groups is 1. The fourth-order valence-electron chi connectivity index (χ4n) is 3.49. The van der Waals surface area contributed by atoms with Crippen molar-refractivity contribution in [3.05, 3.63) is 90.1 Å². The number of thioether (sulfide) groups is 1. The maximum atomic E-state index is 12.6. The van der Waals surface area contributed by atoms with Gasteiger partial charge in [-0.2, -0.15) is 15.1 Å². The average Bonchev–Trinajstić information content (AvgIpc) is 3.58. The van der Waals surface area contributed by atoms with Crippen LogP contribution in [0.25, 0.3) is 16.8 Å². The topological polar surface area (TPSA) is 95.2 Å². The monoisotopic (exact) mass is 470 g/mol. The van der Waals surface area contributed by atoms with Crippen LogP contribution < -0.4 is 0 Å². The molecule has 0 spiro atoms. The second kappa shape index (κ2) is 7.95. The van der Waals surface area contributed by atoms with Crippen LogP contribution in [0, 0.1) is 5.41 Å². The Morgan fingerprint density at radius 1 is 1.03 bits per heavy atom. The third-order valence-electron chi connectivity index (χ3n) is 5.04. The van der Waals surface area contributed by atoms with Crippen molar-refractivity contribution >= 4 is 62.3 Å². The van der Waals surface area contributed by atoms with E-state index in [1.54, 1.807) is 24.5 Å². The maximum absolute atomic E-state index is 12.6. The lowest BCUT2D eigenvalue weighted by Crippen LogP contribution is -2.35. The largest absolute Gasteiger partial charge is 0.462 e. The van der Waals surface area contributed by atoms with E-state index in [9.17, 15) is 4.79 Å². The minimum Gasteiger partial charge on any atom is -0.462 e. The van der Waals surface area contributed by atoms with Crippen molar-refractivity contribution in [2.75, 3.05) is 0 Å². The second-order valence-electron chi connectivity index (χ2n) is 7.14. The fraction of sp³-hybridized carbons (Fsp3) is 0. The van der Waals surface area contributed by atoms with E-state index in [4.69, 9.17) is 14.2 Å². The van der Waals surface area contributed by atoms with Gasteiger partial charge >= 0.3 is 0 Å².